The number of aromatic nitrogens is 3. The average molecular weight is 467 g/mol. The molecule has 3 aromatic rings. The monoisotopic (exact) mass is 466 g/mol. The standard InChI is InChI=1S/C25H31FN6O2/c1-25(33,17-3-5-18(27)6-4-17)22-7-2-16-14-28-23(12-20(16)30-22)31-21-13-24(29-15-19(21)26)32-8-10-34-11-9-32/h2,7,12-15,17-18,33H,3-6,8-11,27H2,1H3,(H,28,29,31). The quantitative estimate of drug-likeness (QED) is 0.524. The SMILES string of the molecule is CC(O)(c1ccc2cnc(Nc3cc(N4CCOCC4)ncc3F)cc2n1)C1CCC(N)CC1. The molecule has 1 aliphatic heterocycles. The summed E-state index contributed by atoms with van der Waals surface area (Å²) >= 11 is 0. The van der Waals surface area contributed by atoms with Crippen molar-refractivity contribution in [1.82, 2.24) is 15.0 Å². The molecule has 0 amide bonds. The maximum atomic E-state index is 14.5. The van der Waals surface area contributed by atoms with E-state index < -0.39 is 11.4 Å². The highest BCUT2D eigenvalue weighted by atomic mass is 19.1. The van der Waals surface area contributed by atoms with Crippen LogP contribution in [0.2, 0.25) is 0 Å². The Morgan fingerprint density at radius 1 is 1.12 bits per heavy atom. The molecule has 0 radical (unpaired) electrons. The van der Waals surface area contributed by atoms with Gasteiger partial charge in [-0.2, -0.15) is 0 Å². The molecule has 0 bridgehead atoms. The van der Waals surface area contributed by atoms with Crippen LogP contribution in [0.1, 0.15) is 38.3 Å². The first kappa shape index (κ1) is 22.9. The molecule has 1 saturated heterocycles. The molecule has 1 atom stereocenters. The molecule has 3 aromatic heterocycles. The van der Waals surface area contributed by atoms with Crippen molar-refractivity contribution in [3.63, 3.8) is 0 Å². The number of anilines is 3. The summed E-state index contributed by atoms with van der Waals surface area (Å²) in [4.78, 5) is 15.5. The molecule has 4 heterocycles. The minimum Gasteiger partial charge on any atom is -0.384 e. The molecule has 0 aromatic carbocycles. The zero-order valence-electron chi connectivity index (χ0n) is 19.4. The normalized spacial score (nSPS) is 23.0. The fourth-order valence-electron chi connectivity index (χ4n) is 4.88. The van der Waals surface area contributed by atoms with E-state index in [0.717, 1.165) is 31.1 Å². The third-order valence-electron chi connectivity index (χ3n) is 7.10. The molecule has 1 saturated carbocycles. The number of fused-ring (bicyclic) bond motifs is 1. The third kappa shape index (κ3) is 4.68. The van der Waals surface area contributed by atoms with Gasteiger partial charge in [-0.05, 0) is 50.7 Å². The van der Waals surface area contributed by atoms with Crippen molar-refractivity contribution in [1.29, 1.82) is 0 Å². The number of ether oxygens (including phenoxy) is 1. The number of nitrogens with zero attached hydrogens (tertiary/aromatic N) is 4. The molecule has 2 aliphatic rings. The van der Waals surface area contributed by atoms with Crippen molar-refractivity contribution in [2.75, 3.05) is 36.5 Å². The van der Waals surface area contributed by atoms with Crippen molar-refractivity contribution in [2.24, 2.45) is 11.7 Å². The van der Waals surface area contributed by atoms with Gasteiger partial charge in [-0.3, -0.25) is 0 Å². The van der Waals surface area contributed by atoms with E-state index >= 15 is 0 Å². The van der Waals surface area contributed by atoms with E-state index in [1.165, 1.54) is 6.20 Å². The fraction of sp³-hybridized carbons (Fsp3) is 0.480. The minimum atomic E-state index is -1.05. The minimum absolute atomic E-state index is 0.112. The summed E-state index contributed by atoms with van der Waals surface area (Å²) in [5.41, 5.74) is 6.61. The van der Waals surface area contributed by atoms with Crippen LogP contribution in [0.4, 0.5) is 21.7 Å². The van der Waals surface area contributed by atoms with Gasteiger partial charge in [0.2, 0.25) is 0 Å². The van der Waals surface area contributed by atoms with Gasteiger partial charge < -0.3 is 25.8 Å². The topological polar surface area (TPSA) is 109 Å². The summed E-state index contributed by atoms with van der Waals surface area (Å²) in [6.07, 6.45) is 6.50. The summed E-state index contributed by atoms with van der Waals surface area (Å²) in [6, 6.07) is 7.47. The zero-order valence-corrected chi connectivity index (χ0v) is 19.4. The second-order valence-electron chi connectivity index (χ2n) is 9.46. The van der Waals surface area contributed by atoms with Gasteiger partial charge in [-0.1, -0.05) is 0 Å². The molecule has 1 unspecified atom stereocenters. The lowest BCUT2D eigenvalue weighted by Gasteiger charge is -2.37. The molecular weight excluding hydrogens is 435 g/mol. The lowest BCUT2D eigenvalue weighted by molar-refractivity contribution is -0.0266. The third-order valence-corrected chi connectivity index (χ3v) is 7.10. The van der Waals surface area contributed by atoms with Crippen LogP contribution in [0.5, 0.6) is 0 Å². The van der Waals surface area contributed by atoms with Gasteiger partial charge in [0.05, 0.1) is 36.3 Å². The highest BCUT2D eigenvalue weighted by Gasteiger charge is 2.37. The molecule has 8 nitrogen and oxygen atoms in total. The number of morpholine rings is 1. The van der Waals surface area contributed by atoms with E-state index in [1.807, 2.05) is 19.1 Å². The maximum absolute atomic E-state index is 14.5. The van der Waals surface area contributed by atoms with Gasteiger partial charge in [-0.15, -0.1) is 0 Å². The molecule has 4 N–H and O–H groups in total. The molecule has 9 heteroatoms. The first-order chi connectivity index (χ1) is 16.4. The van der Waals surface area contributed by atoms with E-state index in [2.05, 4.69) is 20.2 Å². The van der Waals surface area contributed by atoms with Gasteiger partial charge >= 0.3 is 0 Å². The second-order valence-corrected chi connectivity index (χ2v) is 9.46. The molecule has 180 valence electrons. The van der Waals surface area contributed by atoms with E-state index in [-0.39, 0.29) is 12.0 Å². The molecule has 5 rings (SSSR count). The molecular formula is C25H31FN6O2. The van der Waals surface area contributed by atoms with E-state index in [1.54, 1.807) is 18.3 Å². The number of halogens is 1. The Kier molecular flexibility index (Phi) is 6.33. The van der Waals surface area contributed by atoms with Crippen LogP contribution in [0, 0.1) is 11.7 Å². The van der Waals surface area contributed by atoms with E-state index in [0.29, 0.717) is 54.8 Å². The first-order valence-electron chi connectivity index (χ1n) is 11.9. The van der Waals surface area contributed by atoms with Crippen LogP contribution in [0.15, 0.2) is 36.7 Å². The second kappa shape index (κ2) is 9.40. The van der Waals surface area contributed by atoms with Crippen molar-refractivity contribution in [3.05, 3.63) is 48.2 Å². The molecule has 34 heavy (non-hydrogen) atoms. The van der Waals surface area contributed by atoms with Gasteiger partial charge in [0, 0.05) is 42.8 Å². The summed E-state index contributed by atoms with van der Waals surface area (Å²) in [5.74, 6) is 0.815. The zero-order chi connectivity index (χ0) is 23.7. The van der Waals surface area contributed by atoms with Crippen LogP contribution in [0.3, 0.4) is 0 Å². The van der Waals surface area contributed by atoms with Crippen molar-refractivity contribution < 1.29 is 14.2 Å². The first-order valence-corrected chi connectivity index (χ1v) is 11.9. The number of hydrogen-bond donors (Lipinski definition) is 3. The van der Waals surface area contributed by atoms with Crippen molar-refractivity contribution in [3.8, 4) is 0 Å². The Balaban J connectivity index is 1.40. The predicted octanol–water partition coefficient (Wildman–Crippen LogP) is 3.47. The van der Waals surface area contributed by atoms with E-state index in [4.69, 9.17) is 15.5 Å². The lowest BCUT2D eigenvalue weighted by Crippen LogP contribution is -2.38. The largest absolute Gasteiger partial charge is 0.384 e. The Morgan fingerprint density at radius 3 is 2.65 bits per heavy atom. The summed E-state index contributed by atoms with van der Waals surface area (Å²) in [7, 11) is 0. The smallest absolute Gasteiger partial charge is 0.165 e. The number of nitrogens with two attached hydrogens (primary N) is 1. The van der Waals surface area contributed by atoms with Crippen molar-refractivity contribution >= 4 is 28.2 Å². The molecule has 1 aliphatic carbocycles. The van der Waals surface area contributed by atoms with E-state index in [9.17, 15) is 9.50 Å². The fourth-order valence-corrected chi connectivity index (χ4v) is 4.88. The van der Waals surface area contributed by atoms with Gasteiger partial charge in [0.25, 0.3) is 0 Å². The highest BCUT2D eigenvalue weighted by Crippen LogP contribution is 2.38. The van der Waals surface area contributed by atoms with Gasteiger partial charge in [0.15, 0.2) is 5.82 Å². The summed E-state index contributed by atoms with van der Waals surface area (Å²) in [6.45, 7) is 4.51. The Hall–Kier alpha value is -2.88. The molecule has 0 spiro atoms. The number of aliphatic hydroxyl groups is 1. The Labute approximate surface area is 198 Å². The molecule has 2 fully saturated rings. The van der Waals surface area contributed by atoms with Crippen LogP contribution >= 0.6 is 0 Å². The highest BCUT2D eigenvalue weighted by molar-refractivity contribution is 5.81. The summed E-state index contributed by atoms with van der Waals surface area (Å²) < 4.78 is 19.9. The lowest BCUT2D eigenvalue weighted by atomic mass is 9.75. The van der Waals surface area contributed by atoms with Crippen LogP contribution in [0.25, 0.3) is 10.9 Å². The number of hydrogen-bond acceptors (Lipinski definition) is 8. The van der Waals surface area contributed by atoms with Crippen LogP contribution in [-0.2, 0) is 10.3 Å². The van der Waals surface area contributed by atoms with Gasteiger partial charge in [-0.25, -0.2) is 19.3 Å². The Bertz CT molecular complexity index is 1160. The number of rotatable bonds is 5. The average Bonchev–Trinajstić information content (AvgIpc) is 2.86. The Morgan fingerprint density at radius 2 is 1.88 bits per heavy atom. The van der Waals surface area contributed by atoms with Gasteiger partial charge in [0.1, 0.15) is 17.2 Å². The van der Waals surface area contributed by atoms with Crippen LogP contribution in [-0.4, -0.2) is 52.4 Å². The summed E-state index contributed by atoms with van der Waals surface area (Å²) in [5, 5.41) is 15.3. The maximum Gasteiger partial charge on any atom is 0.165 e. The van der Waals surface area contributed by atoms with Crippen molar-refractivity contribution in [2.45, 2.75) is 44.2 Å². The van der Waals surface area contributed by atoms with Crippen LogP contribution < -0.4 is 16.0 Å². The predicted molar refractivity (Wildman–Crippen MR) is 130 cm³/mol. The number of pyridine rings is 3. The number of nitrogens with one attached hydrogen (secondary N) is 1.